The summed E-state index contributed by atoms with van der Waals surface area (Å²) in [6, 6.07) is 3.54. The zero-order valence-corrected chi connectivity index (χ0v) is 16.4. The maximum atomic E-state index is 13.0. The summed E-state index contributed by atoms with van der Waals surface area (Å²) in [7, 11) is 0. The Bertz CT molecular complexity index is 701. The normalized spacial score (nSPS) is 27.7. The van der Waals surface area contributed by atoms with Gasteiger partial charge in [0.05, 0.1) is 0 Å². The molecule has 0 radical (unpaired) electrons. The third-order valence-corrected chi connectivity index (χ3v) is 6.14. The minimum absolute atomic E-state index is 0.0143. The van der Waals surface area contributed by atoms with Crippen molar-refractivity contribution in [2.24, 2.45) is 11.3 Å². The molecule has 1 aromatic rings. The summed E-state index contributed by atoms with van der Waals surface area (Å²) in [6.45, 7) is 6.65. The van der Waals surface area contributed by atoms with Gasteiger partial charge < -0.3 is 10.6 Å². The first-order chi connectivity index (χ1) is 12.2. The maximum Gasteiger partial charge on any atom is 0.325 e. The molecular weight excluding hydrogens is 350 g/mol. The molecule has 0 unspecified atom stereocenters. The summed E-state index contributed by atoms with van der Waals surface area (Å²) in [5.41, 5.74) is -0.866. The van der Waals surface area contributed by atoms with E-state index >= 15 is 0 Å². The first-order valence-corrected chi connectivity index (χ1v) is 10.0. The molecular formula is C19H27N3O3S. The topological polar surface area (TPSA) is 78.5 Å². The average Bonchev–Trinajstić information content (AvgIpc) is 3.09. The van der Waals surface area contributed by atoms with Crippen LogP contribution in [0.3, 0.4) is 0 Å². The van der Waals surface area contributed by atoms with Crippen molar-refractivity contribution in [1.82, 2.24) is 15.5 Å². The number of urea groups is 1. The Morgan fingerprint density at radius 2 is 2.15 bits per heavy atom. The van der Waals surface area contributed by atoms with Crippen molar-refractivity contribution in [3.63, 3.8) is 0 Å². The quantitative estimate of drug-likeness (QED) is 0.774. The van der Waals surface area contributed by atoms with Gasteiger partial charge in [-0.05, 0) is 48.5 Å². The largest absolute Gasteiger partial charge is 0.354 e. The molecule has 7 heteroatoms. The van der Waals surface area contributed by atoms with Crippen molar-refractivity contribution in [3.8, 4) is 0 Å². The van der Waals surface area contributed by atoms with E-state index in [0.717, 1.165) is 17.7 Å². The van der Waals surface area contributed by atoms with E-state index in [4.69, 9.17) is 0 Å². The van der Waals surface area contributed by atoms with Gasteiger partial charge in [0.2, 0.25) is 5.91 Å². The molecule has 2 fully saturated rings. The molecule has 2 N–H and O–H groups in total. The number of amides is 4. The van der Waals surface area contributed by atoms with Crippen LogP contribution in [-0.4, -0.2) is 41.4 Å². The summed E-state index contributed by atoms with van der Waals surface area (Å²) >= 11 is 1.64. The first kappa shape index (κ1) is 18.9. The number of imide groups is 1. The van der Waals surface area contributed by atoms with Crippen LogP contribution in [0.2, 0.25) is 0 Å². The highest BCUT2D eigenvalue weighted by molar-refractivity contribution is 7.09. The number of nitrogens with one attached hydrogen (secondary N) is 2. The van der Waals surface area contributed by atoms with Crippen LogP contribution in [0.25, 0.3) is 0 Å². The van der Waals surface area contributed by atoms with E-state index < -0.39 is 11.6 Å². The number of carbonyl (C=O) groups excluding carboxylic acids is 3. The van der Waals surface area contributed by atoms with Crippen molar-refractivity contribution >= 4 is 29.2 Å². The van der Waals surface area contributed by atoms with Gasteiger partial charge in [-0.3, -0.25) is 14.5 Å². The molecule has 2 aliphatic rings. The Labute approximate surface area is 158 Å². The lowest BCUT2D eigenvalue weighted by molar-refractivity contribution is -0.137. The van der Waals surface area contributed by atoms with Crippen molar-refractivity contribution in [2.75, 3.05) is 13.1 Å². The second kappa shape index (κ2) is 7.02. The summed E-state index contributed by atoms with van der Waals surface area (Å²) in [4.78, 5) is 39.8. The minimum Gasteiger partial charge on any atom is -0.354 e. The first-order valence-electron chi connectivity index (χ1n) is 9.14. The average molecular weight is 378 g/mol. The van der Waals surface area contributed by atoms with Gasteiger partial charge in [0.15, 0.2) is 0 Å². The Morgan fingerprint density at radius 3 is 2.81 bits per heavy atom. The highest BCUT2D eigenvalue weighted by Gasteiger charge is 2.56. The molecule has 1 saturated heterocycles. The Hall–Kier alpha value is -1.89. The lowest BCUT2D eigenvalue weighted by atomic mass is 9.64. The Kier molecular flexibility index (Phi) is 5.10. The van der Waals surface area contributed by atoms with Crippen LogP contribution >= 0.6 is 11.3 Å². The fourth-order valence-electron chi connectivity index (χ4n) is 4.63. The SMILES string of the molecule is C[C@H]1CC(C)(C)C[C@@]2(C1)NC(=O)N(CC(=O)NCCc1cccs1)C2=O. The molecule has 0 aromatic carbocycles. The Morgan fingerprint density at radius 1 is 1.38 bits per heavy atom. The van der Waals surface area contributed by atoms with Crippen LogP contribution < -0.4 is 10.6 Å². The van der Waals surface area contributed by atoms with Gasteiger partial charge in [0.25, 0.3) is 5.91 Å². The number of hydrogen-bond donors (Lipinski definition) is 2. The van der Waals surface area contributed by atoms with Gasteiger partial charge in [0, 0.05) is 11.4 Å². The van der Waals surface area contributed by atoms with E-state index in [1.807, 2.05) is 17.5 Å². The molecule has 0 bridgehead atoms. The molecule has 26 heavy (non-hydrogen) atoms. The third kappa shape index (κ3) is 3.92. The van der Waals surface area contributed by atoms with Crippen molar-refractivity contribution in [2.45, 2.75) is 52.0 Å². The molecule has 1 aliphatic carbocycles. The van der Waals surface area contributed by atoms with Crippen molar-refractivity contribution in [1.29, 1.82) is 0 Å². The maximum absolute atomic E-state index is 13.0. The van der Waals surface area contributed by atoms with Crippen molar-refractivity contribution in [3.05, 3.63) is 22.4 Å². The number of rotatable bonds is 5. The predicted octanol–water partition coefficient (Wildman–Crippen LogP) is 2.54. The number of carbonyl (C=O) groups is 3. The van der Waals surface area contributed by atoms with Crippen LogP contribution in [0, 0.1) is 11.3 Å². The highest BCUT2D eigenvalue weighted by Crippen LogP contribution is 2.46. The van der Waals surface area contributed by atoms with E-state index in [1.54, 1.807) is 11.3 Å². The van der Waals surface area contributed by atoms with Crippen LogP contribution in [-0.2, 0) is 16.0 Å². The Balaban J connectivity index is 1.59. The van der Waals surface area contributed by atoms with Crippen LogP contribution in [0.15, 0.2) is 17.5 Å². The van der Waals surface area contributed by atoms with Crippen LogP contribution in [0.1, 0.15) is 44.9 Å². The van der Waals surface area contributed by atoms with Gasteiger partial charge in [-0.1, -0.05) is 26.8 Å². The zero-order valence-electron chi connectivity index (χ0n) is 15.6. The van der Waals surface area contributed by atoms with E-state index in [-0.39, 0.29) is 23.8 Å². The van der Waals surface area contributed by atoms with Gasteiger partial charge in [-0.2, -0.15) is 0 Å². The van der Waals surface area contributed by atoms with E-state index in [1.165, 1.54) is 4.88 Å². The highest BCUT2D eigenvalue weighted by atomic mass is 32.1. The van der Waals surface area contributed by atoms with Gasteiger partial charge in [-0.25, -0.2) is 4.79 Å². The zero-order chi connectivity index (χ0) is 18.9. The lowest BCUT2D eigenvalue weighted by Gasteiger charge is -2.43. The molecule has 1 spiro atoms. The fraction of sp³-hybridized carbons (Fsp3) is 0.632. The van der Waals surface area contributed by atoms with Crippen molar-refractivity contribution < 1.29 is 14.4 Å². The summed E-state index contributed by atoms with van der Waals surface area (Å²) < 4.78 is 0. The molecule has 2 heterocycles. The third-order valence-electron chi connectivity index (χ3n) is 5.20. The van der Waals surface area contributed by atoms with E-state index in [0.29, 0.717) is 25.3 Å². The second-order valence-corrected chi connectivity index (χ2v) is 9.47. The molecule has 6 nitrogen and oxygen atoms in total. The van der Waals surface area contributed by atoms with E-state index in [2.05, 4.69) is 31.4 Å². The van der Waals surface area contributed by atoms with E-state index in [9.17, 15) is 14.4 Å². The molecule has 1 aliphatic heterocycles. The standard InChI is InChI=1S/C19H27N3O3S/c1-13-9-18(2,3)12-19(10-13)16(24)22(17(25)21-19)11-15(23)20-7-6-14-5-4-8-26-14/h4-5,8,13H,6-7,9-12H2,1-3H3,(H,20,23)(H,21,25)/t13-,19+/m0/s1. The van der Waals surface area contributed by atoms with Crippen LogP contribution in [0.4, 0.5) is 4.79 Å². The monoisotopic (exact) mass is 377 g/mol. The van der Waals surface area contributed by atoms with Crippen LogP contribution in [0.5, 0.6) is 0 Å². The molecule has 142 valence electrons. The molecule has 2 atom stereocenters. The van der Waals surface area contributed by atoms with Gasteiger partial charge in [-0.15, -0.1) is 11.3 Å². The summed E-state index contributed by atoms with van der Waals surface area (Å²) in [5, 5.41) is 7.69. The van der Waals surface area contributed by atoms with Gasteiger partial charge >= 0.3 is 6.03 Å². The van der Waals surface area contributed by atoms with Gasteiger partial charge in [0.1, 0.15) is 12.1 Å². The molecule has 1 aromatic heterocycles. The lowest BCUT2D eigenvalue weighted by Crippen LogP contribution is -2.54. The second-order valence-electron chi connectivity index (χ2n) is 8.44. The fourth-order valence-corrected chi connectivity index (χ4v) is 5.34. The molecule has 3 rings (SSSR count). The number of thiophene rings is 1. The predicted molar refractivity (Wildman–Crippen MR) is 101 cm³/mol. The molecule has 4 amide bonds. The summed E-state index contributed by atoms with van der Waals surface area (Å²) in [5.74, 6) is -0.205. The number of hydrogen-bond acceptors (Lipinski definition) is 4. The number of nitrogens with zero attached hydrogens (tertiary/aromatic N) is 1. The minimum atomic E-state index is -0.852. The smallest absolute Gasteiger partial charge is 0.325 e. The molecule has 1 saturated carbocycles. The summed E-state index contributed by atoms with van der Waals surface area (Å²) in [6.07, 6.45) is 3.03.